The predicted octanol–water partition coefficient (Wildman–Crippen LogP) is 5.07. The van der Waals surface area contributed by atoms with Crippen LogP contribution in [0.25, 0.3) is 21.5 Å². The van der Waals surface area contributed by atoms with Crippen molar-refractivity contribution in [2.45, 2.75) is 6.92 Å². The van der Waals surface area contributed by atoms with E-state index in [0.717, 1.165) is 16.2 Å². The van der Waals surface area contributed by atoms with Crippen LogP contribution in [0.4, 0.5) is 5.00 Å². The lowest BCUT2D eigenvalue weighted by atomic mass is 10.1. The van der Waals surface area contributed by atoms with Gasteiger partial charge in [-0.2, -0.15) is 0 Å². The van der Waals surface area contributed by atoms with E-state index in [1.807, 2.05) is 41.8 Å². The Labute approximate surface area is 198 Å². The highest BCUT2D eigenvalue weighted by Crippen LogP contribution is 2.35. The molecule has 1 N–H and O–H groups in total. The van der Waals surface area contributed by atoms with Crippen LogP contribution in [-0.4, -0.2) is 48.9 Å². The quantitative estimate of drug-likeness (QED) is 0.404. The van der Waals surface area contributed by atoms with E-state index in [1.54, 1.807) is 27.1 Å². The predicted molar refractivity (Wildman–Crippen MR) is 131 cm³/mol. The maximum atomic E-state index is 13.5. The summed E-state index contributed by atoms with van der Waals surface area (Å²) in [5.41, 5.74) is 2.45. The van der Waals surface area contributed by atoms with Gasteiger partial charge in [0.15, 0.2) is 0 Å². The Morgan fingerprint density at radius 2 is 1.85 bits per heavy atom. The molecule has 0 aliphatic carbocycles. The number of amides is 2. The number of pyridine rings is 1. The van der Waals surface area contributed by atoms with E-state index < -0.39 is 11.9 Å². The summed E-state index contributed by atoms with van der Waals surface area (Å²) in [5.74, 6) is -1.27. The minimum Gasteiger partial charge on any atom is -0.465 e. The number of para-hydroxylation sites is 1. The lowest BCUT2D eigenvalue weighted by Gasteiger charge is -2.10. The SMILES string of the molecule is COC(=O)c1c(NC(=O)c2cc(-c3cccs3)nc3ccccc23)sc(C(=O)N(C)C)c1C. The summed E-state index contributed by atoms with van der Waals surface area (Å²) in [5, 5.41) is 5.76. The van der Waals surface area contributed by atoms with Crippen molar-refractivity contribution >= 4 is 56.4 Å². The number of hydrogen-bond donors (Lipinski definition) is 1. The molecule has 4 rings (SSSR count). The average Bonchev–Trinajstić information content (AvgIpc) is 3.45. The van der Waals surface area contributed by atoms with E-state index in [2.05, 4.69) is 5.32 Å². The number of carbonyl (C=O) groups is 3. The van der Waals surface area contributed by atoms with Crippen molar-refractivity contribution in [3.05, 3.63) is 69.4 Å². The molecule has 9 heteroatoms. The summed E-state index contributed by atoms with van der Waals surface area (Å²) in [6.07, 6.45) is 0. The zero-order chi connectivity index (χ0) is 23.7. The summed E-state index contributed by atoms with van der Waals surface area (Å²) in [6, 6.07) is 13.0. The van der Waals surface area contributed by atoms with Gasteiger partial charge in [0, 0.05) is 19.5 Å². The van der Waals surface area contributed by atoms with Gasteiger partial charge in [0.25, 0.3) is 11.8 Å². The fraction of sp³-hybridized carbons (Fsp3) is 0.167. The van der Waals surface area contributed by atoms with Crippen molar-refractivity contribution in [3.8, 4) is 10.6 Å². The molecule has 3 aromatic heterocycles. The molecule has 0 bridgehead atoms. The normalized spacial score (nSPS) is 10.8. The van der Waals surface area contributed by atoms with Gasteiger partial charge in [-0.1, -0.05) is 24.3 Å². The molecule has 0 spiro atoms. The van der Waals surface area contributed by atoms with E-state index in [1.165, 1.54) is 23.3 Å². The van der Waals surface area contributed by atoms with Crippen LogP contribution in [0.15, 0.2) is 47.8 Å². The summed E-state index contributed by atoms with van der Waals surface area (Å²) in [7, 11) is 4.53. The topological polar surface area (TPSA) is 88.6 Å². The van der Waals surface area contributed by atoms with Gasteiger partial charge in [-0.25, -0.2) is 9.78 Å². The van der Waals surface area contributed by atoms with Gasteiger partial charge in [-0.3, -0.25) is 9.59 Å². The number of nitrogens with one attached hydrogen (secondary N) is 1. The van der Waals surface area contributed by atoms with E-state index in [4.69, 9.17) is 9.72 Å². The third kappa shape index (κ3) is 4.24. The molecule has 7 nitrogen and oxygen atoms in total. The highest BCUT2D eigenvalue weighted by molar-refractivity contribution is 7.18. The van der Waals surface area contributed by atoms with Crippen molar-refractivity contribution in [2.75, 3.05) is 26.5 Å². The molecule has 168 valence electrons. The molecule has 0 unspecified atom stereocenters. The number of thiophene rings is 2. The Bertz CT molecular complexity index is 1370. The van der Waals surface area contributed by atoms with Crippen molar-refractivity contribution in [1.82, 2.24) is 9.88 Å². The van der Waals surface area contributed by atoms with Gasteiger partial charge in [0.1, 0.15) is 5.00 Å². The molecule has 0 atom stereocenters. The second-order valence-electron chi connectivity index (χ2n) is 7.46. The molecule has 0 saturated heterocycles. The first-order valence-corrected chi connectivity index (χ1v) is 11.7. The van der Waals surface area contributed by atoms with Crippen molar-refractivity contribution < 1.29 is 19.1 Å². The molecule has 0 aliphatic rings. The number of benzene rings is 1. The zero-order valence-corrected chi connectivity index (χ0v) is 20.1. The summed E-state index contributed by atoms with van der Waals surface area (Å²) in [6.45, 7) is 1.67. The number of aromatic nitrogens is 1. The van der Waals surface area contributed by atoms with Gasteiger partial charge >= 0.3 is 5.97 Å². The van der Waals surface area contributed by atoms with E-state index in [-0.39, 0.29) is 16.5 Å². The summed E-state index contributed by atoms with van der Waals surface area (Å²) >= 11 is 2.59. The molecular formula is C24H21N3O4S2. The number of rotatable bonds is 5. The molecule has 0 fully saturated rings. The van der Waals surface area contributed by atoms with Gasteiger partial charge in [-0.15, -0.1) is 22.7 Å². The van der Waals surface area contributed by atoms with Crippen LogP contribution >= 0.6 is 22.7 Å². The lowest BCUT2D eigenvalue weighted by molar-refractivity contribution is 0.0601. The first-order valence-electron chi connectivity index (χ1n) is 10.00. The largest absolute Gasteiger partial charge is 0.465 e. The Hall–Kier alpha value is -3.56. The molecule has 2 amide bonds. The summed E-state index contributed by atoms with van der Waals surface area (Å²) in [4.78, 5) is 46.0. The van der Waals surface area contributed by atoms with Crippen LogP contribution < -0.4 is 5.32 Å². The van der Waals surface area contributed by atoms with Gasteiger partial charge < -0.3 is 15.0 Å². The fourth-order valence-electron chi connectivity index (χ4n) is 3.44. The molecule has 1 aromatic carbocycles. The number of ether oxygens (including phenoxy) is 1. The zero-order valence-electron chi connectivity index (χ0n) is 18.5. The smallest absolute Gasteiger partial charge is 0.341 e. The number of esters is 1. The number of methoxy groups -OCH3 is 1. The van der Waals surface area contributed by atoms with E-state index in [9.17, 15) is 14.4 Å². The highest BCUT2D eigenvalue weighted by atomic mass is 32.1. The van der Waals surface area contributed by atoms with Crippen LogP contribution in [0.5, 0.6) is 0 Å². The second kappa shape index (κ2) is 9.13. The first kappa shape index (κ1) is 22.6. The first-order chi connectivity index (χ1) is 15.8. The fourth-order valence-corrected chi connectivity index (χ4v) is 5.34. The number of hydrogen-bond acceptors (Lipinski definition) is 7. The Morgan fingerprint density at radius 3 is 2.52 bits per heavy atom. The maximum absolute atomic E-state index is 13.5. The highest BCUT2D eigenvalue weighted by Gasteiger charge is 2.27. The van der Waals surface area contributed by atoms with Crippen LogP contribution in [0.2, 0.25) is 0 Å². The van der Waals surface area contributed by atoms with Crippen LogP contribution in [0.1, 0.15) is 36.0 Å². The van der Waals surface area contributed by atoms with Crippen molar-refractivity contribution in [3.63, 3.8) is 0 Å². The third-order valence-corrected chi connectivity index (χ3v) is 7.19. The Balaban J connectivity index is 1.81. The molecule has 3 heterocycles. The van der Waals surface area contributed by atoms with E-state index >= 15 is 0 Å². The minimum absolute atomic E-state index is 0.179. The van der Waals surface area contributed by atoms with E-state index in [0.29, 0.717) is 32.6 Å². The molecule has 33 heavy (non-hydrogen) atoms. The number of carbonyl (C=O) groups excluding carboxylic acids is 3. The second-order valence-corrected chi connectivity index (χ2v) is 9.42. The number of fused-ring (bicyclic) bond motifs is 1. The number of anilines is 1. The van der Waals surface area contributed by atoms with Crippen LogP contribution in [0.3, 0.4) is 0 Å². The standard InChI is InChI=1S/C24H21N3O4S2/c1-13-19(24(30)31-4)22(33-20(13)23(29)27(2)3)26-21(28)15-12-17(18-10-7-11-32-18)25-16-9-6-5-8-14(15)16/h5-12H,1-4H3,(H,26,28). The monoisotopic (exact) mass is 479 g/mol. The molecular weight excluding hydrogens is 458 g/mol. The molecule has 0 saturated carbocycles. The van der Waals surface area contributed by atoms with Crippen molar-refractivity contribution in [2.24, 2.45) is 0 Å². The van der Waals surface area contributed by atoms with Crippen molar-refractivity contribution in [1.29, 1.82) is 0 Å². The Morgan fingerprint density at radius 1 is 1.09 bits per heavy atom. The number of nitrogens with zero attached hydrogens (tertiary/aromatic N) is 2. The van der Waals surface area contributed by atoms with Gasteiger partial charge in [-0.05, 0) is 36.1 Å². The minimum atomic E-state index is -0.615. The van der Waals surface area contributed by atoms with Gasteiger partial charge in [0.05, 0.1) is 39.2 Å². The third-order valence-electron chi connectivity index (χ3n) is 5.10. The molecule has 0 radical (unpaired) electrons. The van der Waals surface area contributed by atoms with Crippen LogP contribution in [0, 0.1) is 6.92 Å². The maximum Gasteiger partial charge on any atom is 0.341 e. The van der Waals surface area contributed by atoms with Crippen LogP contribution in [-0.2, 0) is 4.74 Å². The average molecular weight is 480 g/mol. The lowest BCUT2D eigenvalue weighted by Crippen LogP contribution is -2.21. The summed E-state index contributed by atoms with van der Waals surface area (Å²) < 4.78 is 4.92. The molecule has 4 aromatic rings. The van der Waals surface area contributed by atoms with Gasteiger partial charge in [0.2, 0.25) is 0 Å². The Kier molecular flexibility index (Phi) is 6.26. The molecule has 0 aliphatic heterocycles.